The van der Waals surface area contributed by atoms with Gasteiger partial charge in [-0.2, -0.15) is 0 Å². The number of hydrogen-bond acceptors (Lipinski definition) is 6. The van der Waals surface area contributed by atoms with Gasteiger partial charge in [0.15, 0.2) is 5.82 Å². The van der Waals surface area contributed by atoms with Gasteiger partial charge in [-0.1, -0.05) is 0 Å². The number of rotatable bonds is 5. The molecule has 2 fully saturated rings. The molecule has 0 amide bonds. The van der Waals surface area contributed by atoms with Crippen LogP contribution in [0, 0.1) is 0 Å². The first-order chi connectivity index (χ1) is 10.8. The largest absolute Gasteiger partial charge is 0.368 e. The lowest BCUT2D eigenvalue weighted by atomic mass is 10.2. The van der Waals surface area contributed by atoms with Crippen LogP contribution in [0.4, 0.5) is 0 Å². The predicted octanol–water partition coefficient (Wildman–Crippen LogP) is 2.21. The Balaban J connectivity index is 1.41. The molecule has 1 saturated carbocycles. The van der Waals surface area contributed by atoms with E-state index >= 15 is 0 Å². The summed E-state index contributed by atoms with van der Waals surface area (Å²) >= 11 is 1.88. The van der Waals surface area contributed by atoms with Gasteiger partial charge in [-0.25, -0.2) is 4.98 Å². The summed E-state index contributed by atoms with van der Waals surface area (Å²) in [4.78, 5) is 8.37. The van der Waals surface area contributed by atoms with Crippen molar-refractivity contribution in [1.29, 1.82) is 0 Å². The lowest BCUT2D eigenvalue weighted by Crippen LogP contribution is -2.38. The molecule has 7 heteroatoms. The zero-order chi connectivity index (χ0) is 14.9. The van der Waals surface area contributed by atoms with E-state index in [-0.39, 0.29) is 6.10 Å². The van der Waals surface area contributed by atoms with Crippen molar-refractivity contribution >= 4 is 11.3 Å². The number of nitrogens with zero attached hydrogens (tertiary/aromatic N) is 5. The Morgan fingerprint density at radius 3 is 3.14 bits per heavy atom. The zero-order valence-corrected chi connectivity index (χ0v) is 13.6. The van der Waals surface area contributed by atoms with E-state index in [0.717, 1.165) is 44.5 Å². The maximum Gasteiger partial charge on any atom is 0.163 e. The average molecular weight is 319 g/mol. The van der Waals surface area contributed by atoms with Gasteiger partial charge >= 0.3 is 0 Å². The van der Waals surface area contributed by atoms with Gasteiger partial charge in [-0.15, -0.1) is 21.5 Å². The molecule has 1 saturated heterocycles. The highest BCUT2D eigenvalue weighted by Crippen LogP contribution is 2.42. The van der Waals surface area contributed by atoms with Gasteiger partial charge < -0.3 is 9.30 Å². The highest BCUT2D eigenvalue weighted by Gasteiger charge is 2.28. The molecule has 3 heterocycles. The molecule has 0 bridgehead atoms. The molecule has 1 aliphatic carbocycles. The Labute approximate surface area is 134 Å². The van der Waals surface area contributed by atoms with Gasteiger partial charge in [0.05, 0.1) is 11.6 Å². The van der Waals surface area contributed by atoms with E-state index in [1.807, 2.05) is 11.3 Å². The molecule has 22 heavy (non-hydrogen) atoms. The molecule has 0 unspecified atom stereocenters. The molecule has 2 aromatic rings. The zero-order valence-electron chi connectivity index (χ0n) is 12.8. The standard InChI is InChI=1S/C15H21N5OS/c1-2-20-10-17-18-14(20)13-9-19(5-6-21-13)8-12-7-16-15(22-12)11-3-4-11/h7,10-11,13H,2-6,8-9H2,1H3/t13-/m1/s1. The van der Waals surface area contributed by atoms with Crippen molar-refractivity contribution in [3.63, 3.8) is 0 Å². The second-order valence-electron chi connectivity index (χ2n) is 6.01. The topological polar surface area (TPSA) is 56.1 Å². The van der Waals surface area contributed by atoms with Crippen LogP contribution in [0.25, 0.3) is 0 Å². The Morgan fingerprint density at radius 2 is 2.32 bits per heavy atom. The first kappa shape index (κ1) is 14.3. The van der Waals surface area contributed by atoms with Crippen LogP contribution >= 0.6 is 11.3 Å². The van der Waals surface area contributed by atoms with Crippen LogP contribution in [0.1, 0.15) is 47.5 Å². The molecule has 2 aromatic heterocycles. The van der Waals surface area contributed by atoms with E-state index in [4.69, 9.17) is 4.74 Å². The Kier molecular flexibility index (Phi) is 3.94. The number of morpholine rings is 1. The van der Waals surface area contributed by atoms with Gasteiger partial charge in [0.1, 0.15) is 12.4 Å². The summed E-state index contributed by atoms with van der Waals surface area (Å²) in [6, 6.07) is 0. The average Bonchev–Trinajstić information content (AvgIpc) is 3.10. The number of thiazole rings is 1. The summed E-state index contributed by atoms with van der Waals surface area (Å²) in [5.41, 5.74) is 0. The van der Waals surface area contributed by atoms with Crippen LogP contribution in [0.3, 0.4) is 0 Å². The molecule has 0 radical (unpaired) electrons. The van der Waals surface area contributed by atoms with E-state index in [2.05, 4.69) is 37.8 Å². The fourth-order valence-corrected chi connectivity index (χ4v) is 4.02. The Hall–Kier alpha value is -1.31. The van der Waals surface area contributed by atoms with Crippen molar-refractivity contribution in [2.24, 2.45) is 0 Å². The first-order valence-corrected chi connectivity index (χ1v) is 8.81. The first-order valence-electron chi connectivity index (χ1n) is 7.99. The van der Waals surface area contributed by atoms with Crippen LogP contribution < -0.4 is 0 Å². The van der Waals surface area contributed by atoms with Crippen molar-refractivity contribution in [2.45, 2.75) is 44.9 Å². The minimum Gasteiger partial charge on any atom is -0.368 e. The summed E-state index contributed by atoms with van der Waals surface area (Å²) in [6.45, 7) is 6.52. The molecule has 6 nitrogen and oxygen atoms in total. The maximum atomic E-state index is 5.91. The van der Waals surface area contributed by atoms with Crippen LogP contribution in [-0.2, 0) is 17.8 Å². The number of aryl methyl sites for hydroxylation is 1. The smallest absolute Gasteiger partial charge is 0.163 e. The maximum absolute atomic E-state index is 5.91. The molecule has 4 rings (SSSR count). The normalized spacial score (nSPS) is 23.0. The Morgan fingerprint density at radius 1 is 1.41 bits per heavy atom. The number of ether oxygens (including phenoxy) is 1. The van der Waals surface area contributed by atoms with Crippen molar-refractivity contribution in [3.8, 4) is 0 Å². The van der Waals surface area contributed by atoms with Gasteiger partial charge in [0.2, 0.25) is 0 Å². The molecule has 1 atom stereocenters. The molecule has 0 aromatic carbocycles. The molecule has 1 aliphatic heterocycles. The van der Waals surface area contributed by atoms with Crippen molar-refractivity contribution in [3.05, 3.63) is 28.2 Å². The van der Waals surface area contributed by atoms with Gasteiger partial charge in [-0.3, -0.25) is 4.90 Å². The minimum atomic E-state index is 0.0204. The molecule has 2 aliphatic rings. The molecular formula is C15H21N5OS. The highest BCUT2D eigenvalue weighted by atomic mass is 32.1. The summed E-state index contributed by atoms with van der Waals surface area (Å²) in [7, 11) is 0. The third-order valence-electron chi connectivity index (χ3n) is 4.30. The van der Waals surface area contributed by atoms with Crippen LogP contribution in [0.2, 0.25) is 0 Å². The number of aromatic nitrogens is 4. The minimum absolute atomic E-state index is 0.0204. The molecule has 0 spiro atoms. The number of hydrogen-bond donors (Lipinski definition) is 0. The lowest BCUT2D eigenvalue weighted by molar-refractivity contribution is -0.0386. The summed E-state index contributed by atoms with van der Waals surface area (Å²) in [6.07, 6.45) is 6.49. The second-order valence-corrected chi connectivity index (χ2v) is 7.16. The van der Waals surface area contributed by atoms with Crippen molar-refractivity contribution < 1.29 is 4.74 Å². The predicted molar refractivity (Wildman–Crippen MR) is 83.8 cm³/mol. The van der Waals surface area contributed by atoms with Gasteiger partial charge in [0.25, 0.3) is 0 Å². The molecular weight excluding hydrogens is 298 g/mol. The van der Waals surface area contributed by atoms with E-state index < -0.39 is 0 Å². The van der Waals surface area contributed by atoms with Gasteiger partial charge in [-0.05, 0) is 19.8 Å². The molecule has 0 N–H and O–H groups in total. The quantitative estimate of drug-likeness (QED) is 0.846. The third-order valence-corrected chi connectivity index (χ3v) is 5.45. The Bertz CT molecular complexity index is 635. The van der Waals surface area contributed by atoms with Gasteiger partial charge in [0, 0.05) is 43.2 Å². The van der Waals surface area contributed by atoms with E-state index in [1.165, 1.54) is 22.7 Å². The third kappa shape index (κ3) is 2.93. The SMILES string of the molecule is CCn1cnnc1[C@H]1CN(Cc2cnc(C3CC3)s2)CCO1. The fourth-order valence-electron chi connectivity index (χ4n) is 2.89. The van der Waals surface area contributed by atoms with E-state index in [1.54, 1.807) is 6.33 Å². The summed E-state index contributed by atoms with van der Waals surface area (Å²) in [5, 5.41) is 9.58. The lowest BCUT2D eigenvalue weighted by Gasteiger charge is -2.32. The van der Waals surface area contributed by atoms with Crippen LogP contribution in [-0.4, -0.2) is 44.3 Å². The monoisotopic (exact) mass is 319 g/mol. The van der Waals surface area contributed by atoms with E-state index in [9.17, 15) is 0 Å². The molecule has 118 valence electrons. The second kappa shape index (κ2) is 6.06. The van der Waals surface area contributed by atoms with Crippen molar-refractivity contribution in [1.82, 2.24) is 24.6 Å². The highest BCUT2D eigenvalue weighted by molar-refractivity contribution is 7.11. The van der Waals surface area contributed by atoms with Crippen LogP contribution in [0.5, 0.6) is 0 Å². The van der Waals surface area contributed by atoms with E-state index in [0.29, 0.717) is 0 Å². The van der Waals surface area contributed by atoms with Crippen molar-refractivity contribution in [2.75, 3.05) is 19.7 Å². The summed E-state index contributed by atoms with van der Waals surface area (Å²) < 4.78 is 7.97. The summed E-state index contributed by atoms with van der Waals surface area (Å²) in [5.74, 6) is 1.69. The van der Waals surface area contributed by atoms with Crippen LogP contribution in [0.15, 0.2) is 12.5 Å². The fraction of sp³-hybridized carbons (Fsp3) is 0.667.